The number of carbonyl (C=O) groups is 3. The molecule has 0 saturated carbocycles. The van der Waals surface area contributed by atoms with E-state index in [-0.39, 0.29) is 46.3 Å². The molecule has 0 radical (unpaired) electrons. The quantitative estimate of drug-likeness (QED) is 0.266. The summed E-state index contributed by atoms with van der Waals surface area (Å²) in [6, 6.07) is 9.30. The van der Waals surface area contributed by atoms with E-state index in [1.807, 2.05) is 0 Å². The van der Waals surface area contributed by atoms with Crippen LogP contribution in [-0.2, 0) is 22.4 Å². The van der Waals surface area contributed by atoms with E-state index in [0.29, 0.717) is 11.3 Å². The first-order chi connectivity index (χ1) is 17.1. The van der Waals surface area contributed by atoms with Crippen LogP contribution >= 0.6 is 11.6 Å². The van der Waals surface area contributed by atoms with Crippen LogP contribution in [0, 0.1) is 5.82 Å². The van der Waals surface area contributed by atoms with Crippen LogP contribution < -0.4 is 10.1 Å². The maximum atomic E-state index is 14.8. The average Bonchev–Trinajstić information content (AvgIpc) is 2.86. The molecule has 1 heterocycles. The van der Waals surface area contributed by atoms with Crippen LogP contribution in [0.5, 0.6) is 5.75 Å². The second-order valence-corrected chi connectivity index (χ2v) is 8.36. The lowest BCUT2D eigenvalue weighted by atomic mass is 9.99. The highest BCUT2D eigenvalue weighted by Crippen LogP contribution is 2.29. The third kappa shape index (κ3) is 6.11. The van der Waals surface area contributed by atoms with Crippen LogP contribution in [0.25, 0.3) is 0 Å². The molecule has 0 aliphatic carbocycles. The molecule has 2 aromatic carbocycles. The van der Waals surface area contributed by atoms with E-state index in [1.165, 1.54) is 38.4 Å². The van der Waals surface area contributed by atoms with Gasteiger partial charge in [-0.2, -0.15) is 0 Å². The largest absolute Gasteiger partial charge is 0.494 e. The lowest BCUT2D eigenvalue weighted by Crippen LogP contribution is -2.30. The highest BCUT2D eigenvalue weighted by molar-refractivity contribution is 6.43. The van der Waals surface area contributed by atoms with E-state index in [9.17, 15) is 18.8 Å². The summed E-state index contributed by atoms with van der Waals surface area (Å²) < 4.78 is 19.9. The van der Waals surface area contributed by atoms with Crippen LogP contribution in [-0.4, -0.2) is 53.7 Å². The number of likely N-dealkylation sites (N-methyl/N-ethyl adjacent to an activating group) is 1. The first-order valence-corrected chi connectivity index (χ1v) is 11.2. The van der Waals surface area contributed by atoms with Crippen molar-refractivity contribution in [3.8, 4) is 5.75 Å². The van der Waals surface area contributed by atoms with Crippen molar-refractivity contribution in [3.63, 3.8) is 0 Å². The number of aromatic nitrogens is 2. The van der Waals surface area contributed by atoms with Crippen molar-refractivity contribution in [1.82, 2.24) is 14.9 Å². The van der Waals surface area contributed by atoms with Crippen molar-refractivity contribution in [2.45, 2.75) is 12.8 Å². The molecule has 10 heteroatoms. The average molecular weight is 511 g/mol. The Kier molecular flexibility index (Phi) is 8.50. The molecular weight excluding hydrogens is 487 g/mol. The van der Waals surface area contributed by atoms with Crippen molar-refractivity contribution in [3.05, 3.63) is 94.3 Å². The number of halogens is 2. The lowest BCUT2D eigenvalue weighted by molar-refractivity contribution is -0.124. The van der Waals surface area contributed by atoms with Crippen molar-refractivity contribution >= 4 is 34.9 Å². The molecule has 1 aromatic heterocycles. The maximum Gasteiger partial charge on any atom is 0.294 e. The Bertz CT molecular complexity index is 1340. The fourth-order valence-corrected chi connectivity index (χ4v) is 3.56. The fraction of sp³-hybridized carbons (Fsp3) is 0.192. The van der Waals surface area contributed by atoms with Gasteiger partial charge in [-0.15, -0.1) is 0 Å². The highest BCUT2D eigenvalue weighted by Gasteiger charge is 2.22. The van der Waals surface area contributed by atoms with Gasteiger partial charge in [0.25, 0.3) is 11.7 Å². The number of methoxy groups -OCH3 is 1. The van der Waals surface area contributed by atoms with Crippen LogP contribution in [0.4, 0.5) is 10.1 Å². The molecule has 3 rings (SSSR count). The van der Waals surface area contributed by atoms with Gasteiger partial charge >= 0.3 is 0 Å². The fourth-order valence-electron chi connectivity index (χ4n) is 3.40. The van der Waals surface area contributed by atoms with E-state index in [4.69, 9.17) is 16.3 Å². The summed E-state index contributed by atoms with van der Waals surface area (Å²) in [6.45, 7) is 3.41. The number of hydrogen-bond acceptors (Lipinski definition) is 6. The smallest absolute Gasteiger partial charge is 0.294 e. The summed E-state index contributed by atoms with van der Waals surface area (Å²) in [5.41, 5.74) is 1.71. The number of carbonyl (C=O) groups excluding carboxylic acids is 3. The highest BCUT2D eigenvalue weighted by atomic mass is 35.5. The topological polar surface area (TPSA) is 101 Å². The zero-order valence-corrected chi connectivity index (χ0v) is 20.7. The van der Waals surface area contributed by atoms with Gasteiger partial charge in [0, 0.05) is 44.8 Å². The maximum absolute atomic E-state index is 14.8. The van der Waals surface area contributed by atoms with Gasteiger partial charge in [0.2, 0.25) is 5.91 Å². The summed E-state index contributed by atoms with van der Waals surface area (Å²) >= 11 is 6.33. The molecule has 0 saturated heterocycles. The molecule has 36 heavy (non-hydrogen) atoms. The summed E-state index contributed by atoms with van der Waals surface area (Å²) in [7, 11) is 4.37. The summed E-state index contributed by atoms with van der Waals surface area (Å²) in [5, 5.41) is 2.84. The number of amides is 2. The van der Waals surface area contributed by atoms with E-state index < -0.39 is 23.4 Å². The minimum Gasteiger partial charge on any atom is -0.494 e. The van der Waals surface area contributed by atoms with E-state index in [0.717, 1.165) is 12.1 Å². The summed E-state index contributed by atoms with van der Waals surface area (Å²) in [5.74, 6) is -1.91. The molecule has 0 fully saturated rings. The Balaban J connectivity index is 1.93. The molecule has 0 bridgehead atoms. The molecule has 3 aromatic rings. The summed E-state index contributed by atoms with van der Waals surface area (Å²) in [6.07, 6.45) is 2.64. The van der Waals surface area contributed by atoms with E-state index in [1.54, 1.807) is 24.3 Å². The predicted molar refractivity (Wildman–Crippen MR) is 134 cm³/mol. The van der Waals surface area contributed by atoms with Crippen molar-refractivity contribution < 1.29 is 23.5 Å². The van der Waals surface area contributed by atoms with Gasteiger partial charge in [-0.3, -0.25) is 14.4 Å². The predicted octanol–water partition coefficient (Wildman–Crippen LogP) is 3.85. The van der Waals surface area contributed by atoms with Gasteiger partial charge in [0.05, 0.1) is 23.5 Å². The summed E-state index contributed by atoms with van der Waals surface area (Å²) in [4.78, 5) is 46.5. The first kappa shape index (κ1) is 26.5. The lowest BCUT2D eigenvalue weighted by Gasteiger charge is -2.14. The van der Waals surface area contributed by atoms with E-state index in [2.05, 4.69) is 21.9 Å². The normalized spacial score (nSPS) is 10.5. The molecular formula is C26H24ClFN4O4. The number of ketones is 1. The SMILES string of the molecule is C=CC(=O)Nc1cc(Cc2ncc(Cl)c(Cc3ccccc3C(=O)C(=O)N(C)C)n2)c(F)cc1OC. The van der Waals surface area contributed by atoms with Gasteiger partial charge in [-0.25, -0.2) is 14.4 Å². The third-order valence-electron chi connectivity index (χ3n) is 5.25. The molecule has 8 nitrogen and oxygen atoms in total. The van der Waals surface area contributed by atoms with Gasteiger partial charge in [0.15, 0.2) is 0 Å². The number of nitrogens with one attached hydrogen (secondary N) is 1. The minimum absolute atomic E-state index is 0.00332. The van der Waals surface area contributed by atoms with Gasteiger partial charge < -0.3 is 15.0 Å². The molecule has 186 valence electrons. The number of nitrogens with zero attached hydrogens (tertiary/aromatic N) is 3. The Morgan fingerprint density at radius 2 is 1.89 bits per heavy atom. The Morgan fingerprint density at radius 3 is 2.56 bits per heavy atom. The Labute approximate surface area is 212 Å². The zero-order chi connectivity index (χ0) is 26.4. The molecule has 0 aliphatic heterocycles. The molecule has 1 N–H and O–H groups in total. The number of hydrogen-bond donors (Lipinski definition) is 1. The van der Waals surface area contributed by atoms with Crippen LogP contribution in [0.2, 0.25) is 5.02 Å². The van der Waals surface area contributed by atoms with E-state index >= 15 is 0 Å². The third-order valence-corrected chi connectivity index (χ3v) is 5.56. The van der Waals surface area contributed by atoms with Crippen molar-refractivity contribution in [2.75, 3.05) is 26.5 Å². The first-order valence-electron chi connectivity index (χ1n) is 10.8. The number of Topliss-reactive ketones (excluding diaryl/α,β-unsaturated/α-hetero) is 1. The number of anilines is 1. The number of ether oxygens (including phenoxy) is 1. The molecule has 0 aliphatic rings. The molecule has 0 atom stereocenters. The van der Waals surface area contributed by atoms with Gasteiger partial charge in [-0.1, -0.05) is 42.4 Å². The molecule has 0 unspecified atom stereocenters. The second kappa shape index (κ2) is 11.5. The van der Waals surface area contributed by atoms with Gasteiger partial charge in [0.1, 0.15) is 17.4 Å². The van der Waals surface area contributed by atoms with Crippen LogP contribution in [0.3, 0.4) is 0 Å². The van der Waals surface area contributed by atoms with Gasteiger partial charge in [-0.05, 0) is 23.3 Å². The number of rotatable bonds is 9. The van der Waals surface area contributed by atoms with Crippen molar-refractivity contribution in [1.29, 1.82) is 0 Å². The number of benzene rings is 2. The molecule has 2 amide bonds. The monoisotopic (exact) mass is 510 g/mol. The standard InChI is InChI=1S/C26H24ClFN4O4/c1-5-24(33)31-21-11-16(19(28)13-22(21)36-4)12-23-29-14-18(27)20(30-23)10-15-8-6-7-9-17(15)25(34)26(35)32(2)3/h5-9,11,13-14H,1,10,12H2,2-4H3,(H,31,33). The minimum atomic E-state index is -0.647. The molecule has 0 spiro atoms. The van der Waals surface area contributed by atoms with Crippen LogP contribution in [0.1, 0.15) is 33.0 Å². The zero-order valence-electron chi connectivity index (χ0n) is 20.0. The Hall–Kier alpha value is -4.11. The Morgan fingerprint density at radius 1 is 1.17 bits per heavy atom. The van der Waals surface area contributed by atoms with Crippen molar-refractivity contribution in [2.24, 2.45) is 0 Å². The van der Waals surface area contributed by atoms with Crippen LogP contribution in [0.15, 0.2) is 55.3 Å². The second-order valence-electron chi connectivity index (χ2n) is 7.96.